The standard InChI is InChI=1S/C38H35N3S2/c1-26-12-11-17-32(24-26)36-37(43-38(40-36)31-18-20-34(42-4)21-19-31)33-22-23-39-35(25-33)41(27(2)29-13-7-5-8-14-29)28(3)30-15-9-6-10-16-30/h5-25,27-28H,1-4H3/t27-,28?/m1/s1. The number of aryl methyl sites for hydroxylation is 1. The molecule has 2 aromatic heterocycles. The molecule has 0 fully saturated rings. The van der Waals surface area contributed by atoms with Crippen LogP contribution in [-0.4, -0.2) is 16.2 Å². The van der Waals surface area contributed by atoms with Gasteiger partial charge in [0.25, 0.3) is 0 Å². The molecule has 4 aromatic carbocycles. The van der Waals surface area contributed by atoms with E-state index in [2.05, 4.69) is 153 Å². The molecule has 43 heavy (non-hydrogen) atoms. The van der Waals surface area contributed by atoms with Crippen LogP contribution in [-0.2, 0) is 0 Å². The van der Waals surface area contributed by atoms with Gasteiger partial charge in [0.2, 0.25) is 0 Å². The van der Waals surface area contributed by atoms with Crippen molar-refractivity contribution in [3.05, 3.63) is 144 Å². The second-order valence-electron chi connectivity index (χ2n) is 10.8. The van der Waals surface area contributed by atoms with Gasteiger partial charge in [-0.3, -0.25) is 0 Å². The molecule has 0 N–H and O–H groups in total. The van der Waals surface area contributed by atoms with Gasteiger partial charge >= 0.3 is 0 Å². The number of rotatable bonds is 9. The number of anilines is 1. The number of aromatic nitrogens is 2. The van der Waals surface area contributed by atoms with Crippen molar-refractivity contribution < 1.29 is 0 Å². The lowest BCUT2D eigenvalue weighted by Crippen LogP contribution is -2.30. The fourth-order valence-corrected chi connectivity index (χ4v) is 7.08. The van der Waals surface area contributed by atoms with Gasteiger partial charge in [-0.1, -0.05) is 96.6 Å². The van der Waals surface area contributed by atoms with Crippen molar-refractivity contribution in [1.29, 1.82) is 0 Å². The molecule has 1 unspecified atom stereocenters. The molecule has 0 bridgehead atoms. The highest BCUT2D eigenvalue weighted by atomic mass is 32.2. The normalized spacial score (nSPS) is 12.6. The first-order chi connectivity index (χ1) is 21.0. The first-order valence-corrected chi connectivity index (χ1v) is 16.6. The Hall–Kier alpha value is -4.19. The molecule has 214 valence electrons. The number of pyridine rings is 1. The maximum absolute atomic E-state index is 5.24. The lowest BCUT2D eigenvalue weighted by atomic mass is 10.0. The van der Waals surface area contributed by atoms with Crippen LogP contribution in [0.4, 0.5) is 5.82 Å². The molecular weight excluding hydrogens is 563 g/mol. The van der Waals surface area contributed by atoms with Crippen LogP contribution in [0.3, 0.4) is 0 Å². The monoisotopic (exact) mass is 597 g/mol. The quantitative estimate of drug-likeness (QED) is 0.155. The van der Waals surface area contributed by atoms with Crippen molar-refractivity contribution >= 4 is 28.9 Å². The molecule has 0 saturated heterocycles. The van der Waals surface area contributed by atoms with Crippen molar-refractivity contribution in [1.82, 2.24) is 9.97 Å². The summed E-state index contributed by atoms with van der Waals surface area (Å²) in [6.45, 7) is 6.67. The molecular formula is C38H35N3S2. The Balaban J connectivity index is 1.48. The molecule has 0 radical (unpaired) electrons. The van der Waals surface area contributed by atoms with E-state index in [0.717, 1.165) is 38.1 Å². The summed E-state index contributed by atoms with van der Waals surface area (Å²) in [5.74, 6) is 0.944. The Bertz CT molecular complexity index is 1750. The van der Waals surface area contributed by atoms with Gasteiger partial charge in [0, 0.05) is 22.2 Å². The van der Waals surface area contributed by atoms with E-state index in [9.17, 15) is 0 Å². The number of hydrogen-bond acceptors (Lipinski definition) is 5. The molecule has 0 spiro atoms. The van der Waals surface area contributed by atoms with Gasteiger partial charge < -0.3 is 4.90 Å². The van der Waals surface area contributed by atoms with E-state index in [4.69, 9.17) is 9.97 Å². The van der Waals surface area contributed by atoms with Crippen LogP contribution in [0.1, 0.15) is 42.6 Å². The molecule has 0 aliphatic rings. The maximum atomic E-state index is 5.24. The average molecular weight is 598 g/mol. The van der Waals surface area contributed by atoms with E-state index >= 15 is 0 Å². The zero-order valence-corrected chi connectivity index (χ0v) is 26.6. The van der Waals surface area contributed by atoms with E-state index < -0.39 is 0 Å². The molecule has 2 heterocycles. The number of hydrogen-bond donors (Lipinski definition) is 0. The predicted octanol–water partition coefficient (Wildman–Crippen LogP) is 10.9. The fraction of sp³-hybridized carbons (Fsp3) is 0.158. The van der Waals surface area contributed by atoms with E-state index in [1.54, 1.807) is 23.1 Å². The summed E-state index contributed by atoms with van der Waals surface area (Å²) in [7, 11) is 0. The van der Waals surface area contributed by atoms with Gasteiger partial charge in [-0.2, -0.15) is 0 Å². The minimum Gasteiger partial charge on any atom is -0.343 e. The number of nitrogens with zero attached hydrogens (tertiary/aromatic N) is 3. The number of thioether (sulfide) groups is 1. The van der Waals surface area contributed by atoms with Crippen LogP contribution in [0.15, 0.2) is 132 Å². The third-order valence-corrected chi connectivity index (χ3v) is 9.82. The molecule has 0 aliphatic carbocycles. The Morgan fingerprint density at radius 2 is 1.33 bits per heavy atom. The summed E-state index contributed by atoms with van der Waals surface area (Å²) in [5.41, 5.74) is 8.12. The van der Waals surface area contributed by atoms with Crippen molar-refractivity contribution in [2.45, 2.75) is 37.8 Å². The van der Waals surface area contributed by atoms with Crippen molar-refractivity contribution in [3.8, 4) is 32.3 Å². The molecule has 6 rings (SSSR count). The zero-order valence-electron chi connectivity index (χ0n) is 24.9. The number of thiazole rings is 1. The van der Waals surface area contributed by atoms with Crippen molar-refractivity contribution in [3.63, 3.8) is 0 Å². The molecule has 0 amide bonds. The first-order valence-electron chi connectivity index (χ1n) is 14.6. The fourth-order valence-electron chi connectivity index (χ4n) is 5.58. The summed E-state index contributed by atoms with van der Waals surface area (Å²) in [6.07, 6.45) is 4.05. The highest BCUT2D eigenvalue weighted by molar-refractivity contribution is 7.98. The Labute approximate surface area is 263 Å². The molecule has 0 aliphatic heterocycles. The molecule has 5 heteroatoms. The van der Waals surface area contributed by atoms with E-state index in [-0.39, 0.29) is 12.1 Å². The Morgan fingerprint density at radius 1 is 0.674 bits per heavy atom. The predicted molar refractivity (Wildman–Crippen MR) is 185 cm³/mol. The lowest BCUT2D eigenvalue weighted by Gasteiger charge is -2.36. The topological polar surface area (TPSA) is 29.0 Å². The first kappa shape index (κ1) is 28.9. The van der Waals surface area contributed by atoms with Crippen LogP contribution >= 0.6 is 23.1 Å². The van der Waals surface area contributed by atoms with Gasteiger partial charge in [0.15, 0.2) is 0 Å². The van der Waals surface area contributed by atoms with Crippen LogP contribution < -0.4 is 4.90 Å². The third kappa shape index (κ3) is 6.29. The van der Waals surface area contributed by atoms with Gasteiger partial charge in [0.1, 0.15) is 10.8 Å². The minimum atomic E-state index is 0.113. The largest absolute Gasteiger partial charge is 0.343 e. The lowest BCUT2D eigenvalue weighted by molar-refractivity contribution is 0.579. The van der Waals surface area contributed by atoms with E-state index in [1.807, 2.05) is 6.20 Å². The minimum absolute atomic E-state index is 0.113. The van der Waals surface area contributed by atoms with Gasteiger partial charge in [0.05, 0.1) is 22.7 Å². The van der Waals surface area contributed by atoms with Crippen molar-refractivity contribution in [2.24, 2.45) is 0 Å². The summed E-state index contributed by atoms with van der Waals surface area (Å²) in [4.78, 5) is 15.0. The molecule has 6 aromatic rings. The van der Waals surface area contributed by atoms with Crippen LogP contribution in [0.2, 0.25) is 0 Å². The van der Waals surface area contributed by atoms with E-state index in [1.165, 1.54) is 21.6 Å². The van der Waals surface area contributed by atoms with Crippen molar-refractivity contribution in [2.75, 3.05) is 11.2 Å². The maximum Gasteiger partial charge on any atom is 0.130 e. The third-order valence-electron chi connectivity index (χ3n) is 7.93. The van der Waals surface area contributed by atoms with Crippen LogP contribution in [0.5, 0.6) is 0 Å². The Morgan fingerprint density at radius 3 is 1.93 bits per heavy atom. The van der Waals surface area contributed by atoms with E-state index in [0.29, 0.717) is 0 Å². The average Bonchev–Trinajstić information content (AvgIpc) is 3.52. The zero-order chi connectivity index (χ0) is 29.8. The second-order valence-corrected chi connectivity index (χ2v) is 12.7. The highest BCUT2D eigenvalue weighted by Crippen LogP contribution is 2.43. The molecule has 2 atom stereocenters. The molecule has 0 saturated carbocycles. The molecule has 3 nitrogen and oxygen atoms in total. The van der Waals surface area contributed by atoms with Gasteiger partial charge in [-0.05, 0) is 74.0 Å². The second kappa shape index (κ2) is 13.0. The summed E-state index contributed by atoms with van der Waals surface area (Å²) >= 11 is 3.50. The van der Waals surface area contributed by atoms with Crippen LogP contribution in [0.25, 0.3) is 32.3 Å². The number of benzene rings is 4. The smallest absolute Gasteiger partial charge is 0.130 e. The summed E-state index contributed by atoms with van der Waals surface area (Å²) < 4.78 is 0. The highest BCUT2D eigenvalue weighted by Gasteiger charge is 2.25. The van der Waals surface area contributed by atoms with Crippen LogP contribution in [0, 0.1) is 6.92 Å². The van der Waals surface area contributed by atoms with Gasteiger partial charge in [-0.15, -0.1) is 23.1 Å². The summed E-state index contributed by atoms with van der Waals surface area (Å²) in [5, 5.41) is 1.02. The summed E-state index contributed by atoms with van der Waals surface area (Å²) in [6, 6.07) is 43.3. The van der Waals surface area contributed by atoms with Gasteiger partial charge in [-0.25, -0.2) is 9.97 Å². The SMILES string of the molecule is CSc1ccc(-c2nc(-c3cccc(C)c3)c(-c3ccnc(N(C(C)c4ccccc4)[C@H](C)c4ccccc4)c3)s2)cc1. The Kier molecular flexibility index (Phi) is 8.73.